The van der Waals surface area contributed by atoms with Crippen molar-refractivity contribution < 1.29 is 14.3 Å². The van der Waals surface area contributed by atoms with E-state index in [1.165, 1.54) is 0 Å². The largest absolute Gasteiger partial charge is 0.488 e. The molecular formula is C30H27NO3. The van der Waals surface area contributed by atoms with Crippen LogP contribution in [0.2, 0.25) is 0 Å². The van der Waals surface area contributed by atoms with Crippen LogP contribution in [-0.4, -0.2) is 17.1 Å². The summed E-state index contributed by atoms with van der Waals surface area (Å²) in [5.41, 5.74) is 3.86. The van der Waals surface area contributed by atoms with Gasteiger partial charge in [0.15, 0.2) is 0 Å². The fraction of sp³-hybridized carbons (Fsp3) is 0.133. The quantitative estimate of drug-likeness (QED) is 0.275. The molecule has 1 atom stereocenters. The van der Waals surface area contributed by atoms with E-state index in [4.69, 9.17) is 4.74 Å². The lowest BCUT2D eigenvalue weighted by molar-refractivity contribution is 0.0669. The second kappa shape index (κ2) is 11.1. The average molecular weight is 450 g/mol. The monoisotopic (exact) mass is 449 g/mol. The lowest BCUT2D eigenvalue weighted by Crippen LogP contribution is -2.33. The third kappa shape index (κ3) is 5.59. The maximum Gasteiger partial charge on any atom is 0.258 e. The van der Waals surface area contributed by atoms with Crippen LogP contribution < -0.4 is 4.74 Å². The Bertz CT molecular complexity index is 1220. The first kappa shape index (κ1) is 23.0. The van der Waals surface area contributed by atoms with Gasteiger partial charge in [-0.25, -0.2) is 0 Å². The Balaban J connectivity index is 1.69. The van der Waals surface area contributed by atoms with Gasteiger partial charge in [0.05, 0.1) is 11.6 Å². The van der Waals surface area contributed by atoms with Gasteiger partial charge in [-0.15, -0.1) is 0 Å². The van der Waals surface area contributed by atoms with Crippen LogP contribution >= 0.6 is 0 Å². The normalized spacial score (nSPS) is 11.4. The van der Waals surface area contributed by atoms with E-state index in [9.17, 15) is 9.59 Å². The van der Waals surface area contributed by atoms with Gasteiger partial charge in [0, 0.05) is 12.1 Å². The summed E-state index contributed by atoms with van der Waals surface area (Å²) in [5, 5.41) is 0. The number of carbonyl (C=O) groups is 2. The van der Waals surface area contributed by atoms with E-state index >= 15 is 0 Å². The molecule has 0 aliphatic carbocycles. The first-order chi connectivity index (χ1) is 16.7. The number of rotatable bonds is 9. The predicted molar refractivity (Wildman–Crippen MR) is 134 cm³/mol. The minimum Gasteiger partial charge on any atom is -0.488 e. The summed E-state index contributed by atoms with van der Waals surface area (Å²) in [7, 11) is 0. The number of hydrogen-bond donors (Lipinski definition) is 0. The van der Waals surface area contributed by atoms with Crippen LogP contribution in [0.1, 0.15) is 50.4 Å². The van der Waals surface area contributed by atoms with Gasteiger partial charge in [0.25, 0.3) is 5.91 Å². The third-order valence-electron chi connectivity index (χ3n) is 5.81. The Labute approximate surface area is 200 Å². The number of hydrogen-bond acceptors (Lipinski definition) is 3. The molecule has 4 nitrogen and oxygen atoms in total. The minimum atomic E-state index is -0.188. The van der Waals surface area contributed by atoms with Crippen LogP contribution in [0.25, 0.3) is 0 Å². The zero-order valence-corrected chi connectivity index (χ0v) is 19.1. The van der Waals surface area contributed by atoms with Crippen molar-refractivity contribution in [1.82, 2.24) is 4.90 Å². The molecule has 0 saturated carbocycles. The summed E-state index contributed by atoms with van der Waals surface area (Å²) in [6, 6.07) is 34.4. The molecule has 4 heteroatoms. The molecule has 0 bridgehead atoms. The third-order valence-corrected chi connectivity index (χ3v) is 5.81. The van der Waals surface area contributed by atoms with Crippen molar-refractivity contribution >= 4 is 12.2 Å². The number of ether oxygens (including phenoxy) is 1. The van der Waals surface area contributed by atoms with Crippen LogP contribution in [-0.2, 0) is 13.2 Å². The summed E-state index contributed by atoms with van der Waals surface area (Å²) in [5.74, 6) is 0.268. The van der Waals surface area contributed by atoms with Gasteiger partial charge in [-0.3, -0.25) is 9.59 Å². The van der Waals surface area contributed by atoms with Crippen LogP contribution in [0.15, 0.2) is 109 Å². The van der Waals surface area contributed by atoms with Gasteiger partial charge < -0.3 is 9.64 Å². The van der Waals surface area contributed by atoms with Gasteiger partial charge in [-0.05, 0) is 41.8 Å². The van der Waals surface area contributed by atoms with E-state index in [-0.39, 0.29) is 11.9 Å². The molecule has 0 aliphatic rings. The Morgan fingerprint density at radius 1 is 0.824 bits per heavy atom. The van der Waals surface area contributed by atoms with Crippen molar-refractivity contribution in [2.75, 3.05) is 0 Å². The molecule has 0 heterocycles. The van der Waals surface area contributed by atoms with Crippen molar-refractivity contribution in [2.24, 2.45) is 0 Å². The van der Waals surface area contributed by atoms with Gasteiger partial charge in [0.2, 0.25) is 0 Å². The second-order valence-electron chi connectivity index (χ2n) is 8.15. The van der Waals surface area contributed by atoms with Crippen LogP contribution in [0.3, 0.4) is 0 Å². The zero-order valence-electron chi connectivity index (χ0n) is 19.1. The molecule has 0 fully saturated rings. The average Bonchev–Trinajstić information content (AvgIpc) is 2.91. The number of carbonyl (C=O) groups excluding carboxylic acids is 2. The van der Waals surface area contributed by atoms with Gasteiger partial charge in [-0.2, -0.15) is 0 Å². The molecule has 4 aromatic carbocycles. The summed E-state index contributed by atoms with van der Waals surface area (Å²) >= 11 is 0. The summed E-state index contributed by atoms with van der Waals surface area (Å²) in [6.45, 7) is 2.78. The van der Waals surface area contributed by atoms with E-state index in [0.29, 0.717) is 30.0 Å². The minimum absolute atomic E-state index is 0.184. The number of aldehydes is 1. The molecule has 34 heavy (non-hydrogen) atoms. The Morgan fingerprint density at radius 2 is 1.41 bits per heavy atom. The molecule has 1 amide bonds. The molecule has 0 radical (unpaired) electrons. The van der Waals surface area contributed by atoms with E-state index in [1.807, 2.05) is 103 Å². The highest BCUT2D eigenvalue weighted by atomic mass is 16.5. The SMILES string of the molecule is CC(c1ccccc1)N(Cc1ccccc1)C(=O)c1cc(C=O)ccc1OCc1ccccc1. The van der Waals surface area contributed by atoms with Crippen molar-refractivity contribution in [2.45, 2.75) is 26.1 Å². The molecule has 0 N–H and O–H groups in total. The highest BCUT2D eigenvalue weighted by molar-refractivity contribution is 5.98. The molecule has 0 aromatic heterocycles. The molecular weight excluding hydrogens is 422 g/mol. The number of nitrogens with zero attached hydrogens (tertiary/aromatic N) is 1. The standard InChI is InChI=1S/C30H27NO3/c1-23(27-15-9-4-10-16-27)31(20-24-11-5-2-6-12-24)30(33)28-19-26(21-32)17-18-29(28)34-22-25-13-7-3-8-14-25/h2-19,21,23H,20,22H2,1H3. The molecule has 4 rings (SSSR count). The Morgan fingerprint density at radius 3 is 2.03 bits per heavy atom. The van der Waals surface area contributed by atoms with E-state index in [1.54, 1.807) is 18.2 Å². The van der Waals surface area contributed by atoms with E-state index < -0.39 is 0 Å². The summed E-state index contributed by atoms with van der Waals surface area (Å²) in [4.78, 5) is 27.3. The lowest BCUT2D eigenvalue weighted by Gasteiger charge is -2.30. The first-order valence-corrected chi connectivity index (χ1v) is 11.3. The first-order valence-electron chi connectivity index (χ1n) is 11.3. The van der Waals surface area contributed by atoms with Crippen molar-refractivity contribution in [1.29, 1.82) is 0 Å². The topological polar surface area (TPSA) is 46.6 Å². The van der Waals surface area contributed by atoms with E-state index in [2.05, 4.69) is 0 Å². The number of benzene rings is 4. The smallest absolute Gasteiger partial charge is 0.258 e. The van der Waals surface area contributed by atoms with Crippen LogP contribution in [0.5, 0.6) is 5.75 Å². The van der Waals surface area contributed by atoms with Crippen molar-refractivity contribution in [3.8, 4) is 5.75 Å². The van der Waals surface area contributed by atoms with Gasteiger partial charge >= 0.3 is 0 Å². The zero-order chi connectivity index (χ0) is 23.8. The molecule has 1 unspecified atom stereocenters. The molecule has 0 aliphatic heterocycles. The molecule has 4 aromatic rings. The van der Waals surface area contributed by atoms with E-state index in [0.717, 1.165) is 23.0 Å². The summed E-state index contributed by atoms with van der Waals surface area (Å²) < 4.78 is 6.07. The van der Waals surface area contributed by atoms with Gasteiger partial charge in [0.1, 0.15) is 18.6 Å². The predicted octanol–water partition coefficient (Wildman–Crippen LogP) is 6.48. The molecule has 170 valence electrons. The van der Waals surface area contributed by atoms with Crippen LogP contribution in [0.4, 0.5) is 0 Å². The van der Waals surface area contributed by atoms with Gasteiger partial charge in [-0.1, -0.05) is 91.0 Å². The Hall–Kier alpha value is -4.18. The highest BCUT2D eigenvalue weighted by Crippen LogP contribution is 2.29. The highest BCUT2D eigenvalue weighted by Gasteiger charge is 2.26. The second-order valence-corrected chi connectivity index (χ2v) is 8.15. The summed E-state index contributed by atoms with van der Waals surface area (Å²) in [6.07, 6.45) is 0.750. The Kier molecular flexibility index (Phi) is 7.51. The number of amides is 1. The molecule has 0 saturated heterocycles. The maximum atomic E-state index is 14.0. The van der Waals surface area contributed by atoms with Crippen LogP contribution in [0, 0.1) is 0 Å². The van der Waals surface area contributed by atoms with Crippen molar-refractivity contribution in [3.63, 3.8) is 0 Å². The maximum absolute atomic E-state index is 14.0. The molecule has 0 spiro atoms. The fourth-order valence-electron chi connectivity index (χ4n) is 3.88. The van der Waals surface area contributed by atoms with Crippen molar-refractivity contribution in [3.05, 3.63) is 137 Å². The fourth-order valence-corrected chi connectivity index (χ4v) is 3.88. The lowest BCUT2D eigenvalue weighted by atomic mass is 10.0.